The van der Waals surface area contributed by atoms with E-state index in [0.29, 0.717) is 6.54 Å². The van der Waals surface area contributed by atoms with Crippen LogP contribution in [0.5, 0.6) is 0 Å². The van der Waals surface area contributed by atoms with Gasteiger partial charge in [0, 0.05) is 22.2 Å². The Morgan fingerprint density at radius 3 is 2.36 bits per heavy atom. The van der Waals surface area contributed by atoms with Gasteiger partial charge in [-0.3, -0.25) is 4.57 Å². The van der Waals surface area contributed by atoms with Crippen LogP contribution in [0.25, 0.3) is 27.6 Å². The fourth-order valence-corrected chi connectivity index (χ4v) is 4.84. The third-order valence-corrected chi connectivity index (χ3v) is 6.53. The fourth-order valence-electron chi connectivity index (χ4n) is 3.91. The summed E-state index contributed by atoms with van der Waals surface area (Å²) >= 11 is 1.68. The first kappa shape index (κ1) is 19.7. The number of benzene rings is 3. The van der Waals surface area contributed by atoms with Crippen molar-refractivity contribution in [3.63, 3.8) is 0 Å². The van der Waals surface area contributed by atoms with Crippen LogP contribution in [0.3, 0.4) is 0 Å². The van der Waals surface area contributed by atoms with Crippen molar-refractivity contribution in [2.75, 3.05) is 0 Å². The third-order valence-electron chi connectivity index (χ3n) is 5.53. The number of thioether (sulfide) groups is 1. The molecular formula is C26H20N6S. The Morgan fingerprint density at radius 1 is 0.758 bits per heavy atom. The largest absolute Gasteiger partial charge is 0.272 e. The molecule has 0 spiro atoms. The predicted molar refractivity (Wildman–Crippen MR) is 131 cm³/mol. The summed E-state index contributed by atoms with van der Waals surface area (Å²) in [6.45, 7) is 0.475. The number of hydrogen-bond donors (Lipinski definition) is 0. The molecule has 7 heteroatoms. The lowest BCUT2D eigenvalue weighted by Gasteiger charge is -2.11. The molecule has 33 heavy (non-hydrogen) atoms. The zero-order valence-corrected chi connectivity index (χ0v) is 18.6. The van der Waals surface area contributed by atoms with Gasteiger partial charge in [-0.25, -0.2) is 9.67 Å². The molecular weight excluding hydrogens is 428 g/mol. The molecule has 0 aliphatic carbocycles. The van der Waals surface area contributed by atoms with Gasteiger partial charge in [-0.05, 0) is 29.8 Å². The summed E-state index contributed by atoms with van der Waals surface area (Å²) in [6, 6.07) is 30.9. The SMILES string of the molecule is c1ccc(CSc2nnc(Cn3ncc4cc5ccccc5nc43)n2-c2ccccc2)cc1. The maximum atomic E-state index is 4.86. The van der Waals surface area contributed by atoms with Crippen molar-refractivity contribution in [1.29, 1.82) is 0 Å². The second-order valence-electron chi connectivity index (χ2n) is 7.74. The summed E-state index contributed by atoms with van der Waals surface area (Å²) in [5.41, 5.74) is 4.08. The lowest BCUT2D eigenvalue weighted by atomic mass is 10.2. The second-order valence-corrected chi connectivity index (χ2v) is 8.68. The number of pyridine rings is 1. The second kappa shape index (κ2) is 8.52. The summed E-state index contributed by atoms with van der Waals surface area (Å²) in [6.07, 6.45) is 1.86. The van der Waals surface area contributed by atoms with Crippen LogP contribution in [-0.2, 0) is 12.3 Å². The zero-order valence-electron chi connectivity index (χ0n) is 17.7. The number of hydrogen-bond acceptors (Lipinski definition) is 5. The van der Waals surface area contributed by atoms with E-state index in [2.05, 4.69) is 68.4 Å². The standard InChI is InChI=1S/C26H20N6S/c1-3-9-19(10-4-1)18-33-26-30-29-24(32(26)22-12-5-2-6-13-22)17-31-25-21(16-27-31)15-20-11-7-8-14-23(20)28-25/h1-16H,17-18H2. The summed E-state index contributed by atoms with van der Waals surface area (Å²) in [5, 5.41) is 16.7. The Kier molecular flexibility index (Phi) is 5.08. The Labute approximate surface area is 194 Å². The van der Waals surface area contributed by atoms with Gasteiger partial charge in [0.2, 0.25) is 0 Å². The Balaban J connectivity index is 1.38. The number of nitrogens with zero attached hydrogens (tertiary/aromatic N) is 6. The van der Waals surface area contributed by atoms with Gasteiger partial charge in [-0.2, -0.15) is 5.10 Å². The van der Waals surface area contributed by atoms with Crippen LogP contribution in [-0.4, -0.2) is 29.5 Å². The molecule has 6 nitrogen and oxygen atoms in total. The highest BCUT2D eigenvalue weighted by atomic mass is 32.2. The van der Waals surface area contributed by atoms with E-state index in [0.717, 1.165) is 44.4 Å². The predicted octanol–water partition coefficient (Wildman–Crippen LogP) is 5.51. The molecule has 3 aromatic heterocycles. The first-order valence-corrected chi connectivity index (χ1v) is 11.7. The Bertz CT molecular complexity index is 1540. The molecule has 0 atom stereocenters. The number of rotatable bonds is 6. The van der Waals surface area contributed by atoms with Gasteiger partial charge in [0.25, 0.3) is 0 Å². The average Bonchev–Trinajstić information content (AvgIpc) is 3.46. The van der Waals surface area contributed by atoms with Crippen molar-refractivity contribution in [2.45, 2.75) is 17.5 Å². The number of fused-ring (bicyclic) bond motifs is 2. The molecule has 3 aromatic carbocycles. The minimum Gasteiger partial charge on any atom is -0.272 e. The first-order valence-electron chi connectivity index (χ1n) is 10.7. The van der Waals surface area contributed by atoms with Gasteiger partial charge in [0.1, 0.15) is 6.54 Å². The van der Waals surface area contributed by atoms with E-state index in [4.69, 9.17) is 4.98 Å². The third kappa shape index (κ3) is 3.87. The van der Waals surface area contributed by atoms with E-state index >= 15 is 0 Å². The molecule has 0 bridgehead atoms. The minimum absolute atomic E-state index is 0.475. The van der Waals surface area contributed by atoms with Gasteiger partial charge in [-0.1, -0.05) is 78.5 Å². The molecule has 0 N–H and O–H groups in total. The van der Waals surface area contributed by atoms with E-state index in [1.807, 2.05) is 53.3 Å². The van der Waals surface area contributed by atoms with Gasteiger partial charge < -0.3 is 0 Å². The minimum atomic E-state index is 0.475. The van der Waals surface area contributed by atoms with Crippen LogP contribution in [0, 0.1) is 0 Å². The van der Waals surface area contributed by atoms with Crippen LogP contribution in [0.15, 0.2) is 102 Å². The van der Waals surface area contributed by atoms with E-state index in [-0.39, 0.29) is 0 Å². The van der Waals surface area contributed by atoms with Crippen molar-refractivity contribution >= 4 is 33.7 Å². The van der Waals surface area contributed by atoms with Crippen LogP contribution in [0.4, 0.5) is 0 Å². The fraction of sp³-hybridized carbons (Fsp3) is 0.0769. The van der Waals surface area contributed by atoms with Crippen LogP contribution < -0.4 is 0 Å². The summed E-state index contributed by atoms with van der Waals surface area (Å²) < 4.78 is 4.01. The van der Waals surface area contributed by atoms with E-state index in [1.165, 1.54) is 5.56 Å². The van der Waals surface area contributed by atoms with Crippen molar-refractivity contribution in [2.24, 2.45) is 0 Å². The van der Waals surface area contributed by atoms with Crippen LogP contribution in [0.1, 0.15) is 11.4 Å². The maximum Gasteiger partial charge on any atom is 0.196 e. The quantitative estimate of drug-likeness (QED) is 0.315. The topological polar surface area (TPSA) is 61.4 Å². The summed E-state index contributed by atoms with van der Waals surface area (Å²) in [4.78, 5) is 4.86. The molecule has 0 fully saturated rings. The molecule has 0 unspecified atom stereocenters. The Morgan fingerprint density at radius 2 is 1.52 bits per heavy atom. The van der Waals surface area contributed by atoms with E-state index in [1.54, 1.807) is 11.8 Å². The molecule has 0 saturated carbocycles. The number of para-hydroxylation sites is 2. The molecule has 0 aliphatic heterocycles. The summed E-state index contributed by atoms with van der Waals surface area (Å²) in [7, 11) is 0. The normalized spacial score (nSPS) is 11.4. The van der Waals surface area contributed by atoms with Crippen LogP contribution in [0.2, 0.25) is 0 Å². The van der Waals surface area contributed by atoms with Crippen molar-refractivity contribution in [3.05, 3.63) is 109 Å². The molecule has 0 aliphatic rings. The summed E-state index contributed by atoms with van der Waals surface area (Å²) in [5.74, 6) is 1.64. The van der Waals surface area contributed by atoms with E-state index < -0.39 is 0 Å². The highest BCUT2D eigenvalue weighted by Crippen LogP contribution is 2.26. The zero-order chi connectivity index (χ0) is 22.0. The molecule has 0 saturated heterocycles. The van der Waals surface area contributed by atoms with Crippen molar-refractivity contribution in [3.8, 4) is 5.69 Å². The van der Waals surface area contributed by atoms with E-state index in [9.17, 15) is 0 Å². The first-order chi connectivity index (χ1) is 16.3. The van der Waals surface area contributed by atoms with Gasteiger partial charge in [0.15, 0.2) is 16.6 Å². The molecule has 3 heterocycles. The average molecular weight is 449 g/mol. The van der Waals surface area contributed by atoms with Crippen molar-refractivity contribution < 1.29 is 0 Å². The Hall–Kier alpha value is -3.97. The highest BCUT2D eigenvalue weighted by Gasteiger charge is 2.17. The van der Waals surface area contributed by atoms with Gasteiger partial charge >= 0.3 is 0 Å². The lowest BCUT2D eigenvalue weighted by molar-refractivity contribution is 0.655. The molecule has 0 amide bonds. The maximum absolute atomic E-state index is 4.86. The monoisotopic (exact) mass is 448 g/mol. The van der Waals surface area contributed by atoms with Gasteiger partial charge in [0.05, 0.1) is 11.7 Å². The lowest BCUT2D eigenvalue weighted by Crippen LogP contribution is -2.10. The highest BCUT2D eigenvalue weighted by molar-refractivity contribution is 7.98. The van der Waals surface area contributed by atoms with Gasteiger partial charge in [-0.15, -0.1) is 10.2 Å². The number of aromatic nitrogens is 6. The molecule has 6 rings (SSSR count). The molecule has 160 valence electrons. The van der Waals surface area contributed by atoms with Crippen molar-refractivity contribution in [1.82, 2.24) is 29.5 Å². The van der Waals surface area contributed by atoms with Crippen LogP contribution >= 0.6 is 11.8 Å². The molecule has 6 aromatic rings. The smallest absolute Gasteiger partial charge is 0.196 e. The molecule has 0 radical (unpaired) electrons.